The molecular formula is C12H10FN3O3S. The fourth-order valence-corrected chi connectivity index (χ4v) is 2.42. The van der Waals surface area contributed by atoms with Gasteiger partial charge < -0.3 is 15.8 Å². The number of aromatic amines is 1. The Morgan fingerprint density at radius 2 is 2.15 bits per heavy atom. The van der Waals surface area contributed by atoms with Gasteiger partial charge in [0.25, 0.3) is 5.56 Å². The molecule has 0 aliphatic carbocycles. The van der Waals surface area contributed by atoms with Crippen molar-refractivity contribution in [2.24, 2.45) is 0 Å². The molecule has 0 unspecified atom stereocenters. The van der Waals surface area contributed by atoms with E-state index >= 15 is 0 Å². The molecule has 0 fully saturated rings. The van der Waals surface area contributed by atoms with Gasteiger partial charge in [-0.2, -0.15) is 0 Å². The van der Waals surface area contributed by atoms with Crippen LogP contribution < -0.4 is 11.3 Å². The molecule has 0 aliphatic rings. The third kappa shape index (κ3) is 2.97. The zero-order valence-corrected chi connectivity index (χ0v) is 11.1. The number of benzene rings is 1. The zero-order valence-electron chi connectivity index (χ0n) is 10.3. The molecule has 0 atom stereocenters. The van der Waals surface area contributed by atoms with Gasteiger partial charge in [-0.1, -0.05) is 0 Å². The van der Waals surface area contributed by atoms with Gasteiger partial charge in [-0.15, -0.1) is 0 Å². The molecule has 20 heavy (non-hydrogen) atoms. The number of nitrogens with zero attached hydrogens (tertiary/aromatic N) is 1. The molecule has 0 bridgehead atoms. The predicted octanol–water partition coefficient (Wildman–Crippen LogP) is 1.65. The summed E-state index contributed by atoms with van der Waals surface area (Å²) < 4.78 is 13.6. The van der Waals surface area contributed by atoms with Crippen LogP contribution in [0.5, 0.6) is 0 Å². The van der Waals surface area contributed by atoms with E-state index in [2.05, 4.69) is 9.97 Å². The van der Waals surface area contributed by atoms with Crippen molar-refractivity contribution in [3.8, 4) is 0 Å². The molecule has 0 radical (unpaired) electrons. The second kappa shape index (κ2) is 5.33. The molecule has 4 N–H and O–H groups in total. The van der Waals surface area contributed by atoms with Gasteiger partial charge in [0.15, 0.2) is 5.16 Å². The minimum absolute atomic E-state index is 0.0953. The minimum atomic E-state index is -1.40. The molecular weight excluding hydrogens is 285 g/mol. The molecule has 8 heteroatoms. The van der Waals surface area contributed by atoms with Crippen molar-refractivity contribution in [2.75, 3.05) is 5.73 Å². The molecule has 2 rings (SSSR count). The predicted molar refractivity (Wildman–Crippen MR) is 71.5 cm³/mol. The van der Waals surface area contributed by atoms with Crippen molar-refractivity contribution in [3.05, 3.63) is 45.6 Å². The van der Waals surface area contributed by atoms with Gasteiger partial charge in [0.05, 0.1) is 5.56 Å². The summed E-state index contributed by atoms with van der Waals surface area (Å²) in [5, 5.41) is 9.04. The lowest BCUT2D eigenvalue weighted by Crippen LogP contribution is -2.08. The second-order valence-electron chi connectivity index (χ2n) is 3.97. The Hall–Kier alpha value is -2.35. The molecule has 104 valence electrons. The van der Waals surface area contributed by atoms with Crippen molar-refractivity contribution in [1.82, 2.24) is 9.97 Å². The molecule has 1 aromatic heterocycles. The summed E-state index contributed by atoms with van der Waals surface area (Å²) in [7, 11) is 0. The summed E-state index contributed by atoms with van der Waals surface area (Å²) in [5.74, 6) is -2.29. The summed E-state index contributed by atoms with van der Waals surface area (Å²) >= 11 is 0.953. The number of aryl methyl sites for hydroxylation is 1. The molecule has 0 saturated heterocycles. The summed E-state index contributed by atoms with van der Waals surface area (Å²) in [4.78, 5) is 28.9. The molecule has 2 aromatic rings. The maximum atomic E-state index is 13.6. The topological polar surface area (TPSA) is 109 Å². The first-order valence-electron chi connectivity index (χ1n) is 5.45. The Morgan fingerprint density at radius 3 is 2.75 bits per heavy atom. The van der Waals surface area contributed by atoms with Gasteiger partial charge in [0, 0.05) is 22.3 Å². The largest absolute Gasteiger partial charge is 0.478 e. The number of carboxylic acid groups (broad SMARTS) is 1. The number of anilines is 1. The van der Waals surface area contributed by atoms with Crippen LogP contribution in [0.4, 0.5) is 10.1 Å². The number of hydrogen-bond donors (Lipinski definition) is 3. The van der Waals surface area contributed by atoms with Crippen molar-refractivity contribution in [2.45, 2.75) is 17.0 Å². The number of nitrogens with two attached hydrogens (primary N) is 1. The molecule has 0 spiro atoms. The monoisotopic (exact) mass is 295 g/mol. The van der Waals surface area contributed by atoms with Crippen LogP contribution in [0.25, 0.3) is 0 Å². The van der Waals surface area contributed by atoms with Crippen LogP contribution in [-0.4, -0.2) is 21.0 Å². The van der Waals surface area contributed by atoms with Crippen LogP contribution in [-0.2, 0) is 0 Å². The van der Waals surface area contributed by atoms with E-state index in [1.165, 1.54) is 6.07 Å². The lowest BCUT2D eigenvalue weighted by atomic mass is 10.2. The van der Waals surface area contributed by atoms with Gasteiger partial charge in [-0.05, 0) is 30.8 Å². The molecule has 0 saturated carbocycles. The van der Waals surface area contributed by atoms with Gasteiger partial charge in [-0.25, -0.2) is 14.2 Å². The average molecular weight is 295 g/mol. The van der Waals surface area contributed by atoms with E-state index in [-0.39, 0.29) is 21.3 Å². The molecule has 6 nitrogen and oxygen atoms in total. The number of rotatable bonds is 3. The number of nitrogen functional groups attached to an aromatic ring is 1. The highest BCUT2D eigenvalue weighted by atomic mass is 32.2. The van der Waals surface area contributed by atoms with Crippen molar-refractivity contribution < 1.29 is 14.3 Å². The molecule has 0 amide bonds. The lowest BCUT2D eigenvalue weighted by Gasteiger charge is -2.07. The summed E-state index contributed by atoms with van der Waals surface area (Å²) in [6.45, 7) is 1.65. The highest BCUT2D eigenvalue weighted by molar-refractivity contribution is 7.99. The third-order valence-electron chi connectivity index (χ3n) is 2.38. The number of hydrogen-bond acceptors (Lipinski definition) is 5. The zero-order chi connectivity index (χ0) is 14.9. The van der Waals surface area contributed by atoms with Gasteiger partial charge in [-0.3, -0.25) is 4.79 Å². The first kappa shape index (κ1) is 14.1. The van der Waals surface area contributed by atoms with Crippen LogP contribution in [0.1, 0.15) is 16.1 Å². The van der Waals surface area contributed by atoms with E-state index in [1.807, 2.05) is 0 Å². The third-order valence-corrected chi connectivity index (χ3v) is 3.34. The number of nitrogens with one attached hydrogen (secondary N) is 1. The van der Waals surface area contributed by atoms with E-state index in [0.717, 1.165) is 23.9 Å². The van der Waals surface area contributed by atoms with Crippen LogP contribution in [0.2, 0.25) is 0 Å². The van der Waals surface area contributed by atoms with Crippen LogP contribution >= 0.6 is 11.8 Å². The lowest BCUT2D eigenvalue weighted by molar-refractivity contribution is 0.0692. The molecule has 0 aliphatic heterocycles. The SMILES string of the molecule is Cc1cc(=O)[nH]c(Sc2cc(F)c(C(=O)O)cc2N)n1. The Morgan fingerprint density at radius 1 is 1.45 bits per heavy atom. The van der Waals surface area contributed by atoms with Crippen LogP contribution in [0, 0.1) is 12.7 Å². The first-order valence-corrected chi connectivity index (χ1v) is 6.26. The van der Waals surface area contributed by atoms with E-state index in [1.54, 1.807) is 6.92 Å². The number of H-pyrrole nitrogens is 1. The smallest absolute Gasteiger partial charge is 0.338 e. The maximum absolute atomic E-state index is 13.6. The number of carbonyl (C=O) groups is 1. The second-order valence-corrected chi connectivity index (χ2v) is 5.00. The average Bonchev–Trinajstić information content (AvgIpc) is 2.31. The van der Waals surface area contributed by atoms with Crippen molar-refractivity contribution in [1.29, 1.82) is 0 Å². The fraction of sp³-hybridized carbons (Fsp3) is 0.0833. The summed E-state index contributed by atoms with van der Waals surface area (Å²) in [6.07, 6.45) is 0. The number of halogens is 1. The Bertz CT molecular complexity index is 745. The van der Waals surface area contributed by atoms with E-state index in [4.69, 9.17) is 10.8 Å². The standard InChI is InChI=1S/C12H10FN3O3S/c1-5-2-10(17)16-12(15-5)20-9-4-7(13)6(11(18)19)3-8(9)14/h2-4H,14H2,1H3,(H,18,19)(H,15,16,17). The van der Waals surface area contributed by atoms with E-state index in [9.17, 15) is 14.0 Å². The fourth-order valence-electron chi connectivity index (χ4n) is 1.53. The van der Waals surface area contributed by atoms with E-state index < -0.39 is 17.3 Å². The van der Waals surface area contributed by atoms with E-state index in [0.29, 0.717) is 5.69 Å². The Labute approximate surface area is 116 Å². The Kier molecular flexibility index (Phi) is 3.75. The summed E-state index contributed by atoms with van der Waals surface area (Å²) in [6, 6.07) is 3.36. The van der Waals surface area contributed by atoms with Gasteiger partial charge in [0.2, 0.25) is 0 Å². The highest BCUT2D eigenvalue weighted by Gasteiger charge is 2.15. The normalized spacial score (nSPS) is 10.5. The maximum Gasteiger partial charge on any atom is 0.338 e. The molecule has 1 heterocycles. The number of aromatic carboxylic acids is 1. The molecule has 1 aromatic carbocycles. The highest BCUT2D eigenvalue weighted by Crippen LogP contribution is 2.31. The number of carboxylic acids is 1. The van der Waals surface area contributed by atoms with Crippen molar-refractivity contribution >= 4 is 23.4 Å². The number of aromatic nitrogens is 2. The summed E-state index contributed by atoms with van der Waals surface area (Å²) in [5.41, 5.74) is 5.45. The Balaban J connectivity index is 2.41. The van der Waals surface area contributed by atoms with Crippen molar-refractivity contribution in [3.63, 3.8) is 0 Å². The van der Waals surface area contributed by atoms with Gasteiger partial charge >= 0.3 is 5.97 Å². The van der Waals surface area contributed by atoms with Crippen LogP contribution in [0.3, 0.4) is 0 Å². The first-order chi connectivity index (χ1) is 9.36. The minimum Gasteiger partial charge on any atom is -0.478 e. The van der Waals surface area contributed by atoms with Gasteiger partial charge in [0.1, 0.15) is 5.82 Å². The van der Waals surface area contributed by atoms with Crippen LogP contribution in [0.15, 0.2) is 33.0 Å². The quantitative estimate of drug-likeness (QED) is 0.587.